The van der Waals surface area contributed by atoms with Crippen LogP contribution in [0.4, 0.5) is 0 Å². The molecule has 1 aromatic heterocycles. The number of aryl methyl sites for hydroxylation is 1. The number of amides is 1. The molecule has 142 valence electrons. The van der Waals surface area contributed by atoms with Gasteiger partial charge in [-0.05, 0) is 42.3 Å². The van der Waals surface area contributed by atoms with Gasteiger partial charge in [0.2, 0.25) is 6.79 Å². The van der Waals surface area contributed by atoms with Crippen molar-refractivity contribution in [2.24, 2.45) is 0 Å². The third-order valence-electron chi connectivity index (χ3n) is 4.63. The van der Waals surface area contributed by atoms with Gasteiger partial charge in [0.15, 0.2) is 11.5 Å². The Balaban J connectivity index is 1.41. The van der Waals surface area contributed by atoms with Gasteiger partial charge in [-0.3, -0.25) is 9.59 Å². The standard InChI is InChI=1S/C22H20N2O4/c1-15-4-6-16(7-5-15)13-24-10-2-3-18(24)21(25)22(26)23-12-17-8-9-19-20(11-17)28-14-27-19/h2-11H,12-14H2,1H3,(H,23,26). The molecule has 1 aliphatic rings. The van der Waals surface area contributed by atoms with E-state index in [1.54, 1.807) is 35.0 Å². The Bertz CT molecular complexity index is 1020. The van der Waals surface area contributed by atoms with Gasteiger partial charge in [0.05, 0.1) is 5.69 Å². The van der Waals surface area contributed by atoms with Gasteiger partial charge in [0.1, 0.15) is 0 Å². The van der Waals surface area contributed by atoms with Crippen molar-refractivity contribution in [2.75, 3.05) is 6.79 Å². The van der Waals surface area contributed by atoms with E-state index < -0.39 is 11.7 Å². The Labute approximate surface area is 162 Å². The van der Waals surface area contributed by atoms with E-state index in [0.717, 1.165) is 11.1 Å². The number of nitrogens with zero attached hydrogens (tertiary/aromatic N) is 1. The Morgan fingerprint density at radius 2 is 1.75 bits per heavy atom. The minimum atomic E-state index is -0.637. The van der Waals surface area contributed by atoms with E-state index in [0.29, 0.717) is 23.7 Å². The zero-order chi connectivity index (χ0) is 19.5. The van der Waals surface area contributed by atoms with Crippen molar-refractivity contribution in [3.05, 3.63) is 83.2 Å². The molecular formula is C22H20N2O4. The number of hydrogen-bond donors (Lipinski definition) is 1. The van der Waals surface area contributed by atoms with Crippen LogP contribution in [0.25, 0.3) is 0 Å². The van der Waals surface area contributed by atoms with Crippen LogP contribution in [0.15, 0.2) is 60.8 Å². The maximum Gasteiger partial charge on any atom is 0.294 e. The van der Waals surface area contributed by atoms with Crippen LogP contribution >= 0.6 is 0 Å². The SMILES string of the molecule is Cc1ccc(Cn2cccc2C(=O)C(=O)NCc2ccc3c(c2)OCO3)cc1. The molecule has 0 bridgehead atoms. The number of hydrogen-bond acceptors (Lipinski definition) is 4. The summed E-state index contributed by atoms with van der Waals surface area (Å²) in [7, 11) is 0. The van der Waals surface area contributed by atoms with Crippen molar-refractivity contribution in [1.29, 1.82) is 0 Å². The minimum absolute atomic E-state index is 0.196. The molecule has 3 aromatic rings. The lowest BCUT2D eigenvalue weighted by atomic mass is 10.1. The molecule has 6 heteroatoms. The smallest absolute Gasteiger partial charge is 0.294 e. The summed E-state index contributed by atoms with van der Waals surface area (Å²) in [6.45, 7) is 2.99. The van der Waals surface area contributed by atoms with Crippen LogP contribution in [0.1, 0.15) is 27.2 Å². The van der Waals surface area contributed by atoms with Crippen LogP contribution in [0.2, 0.25) is 0 Å². The summed E-state index contributed by atoms with van der Waals surface area (Å²) in [5, 5.41) is 2.68. The number of ether oxygens (including phenoxy) is 2. The Morgan fingerprint density at radius 1 is 1.00 bits per heavy atom. The van der Waals surface area contributed by atoms with Gasteiger partial charge in [-0.25, -0.2) is 0 Å². The lowest BCUT2D eigenvalue weighted by Crippen LogP contribution is -2.32. The van der Waals surface area contributed by atoms with Gasteiger partial charge < -0.3 is 19.4 Å². The normalized spacial score (nSPS) is 12.0. The fourth-order valence-electron chi connectivity index (χ4n) is 3.08. The van der Waals surface area contributed by atoms with Crippen molar-refractivity contribution in [3.63, 3.8) is 0 Å². The van der Waals surface area contributed by atoms with E-state index in [2.05, 4.69) is 5.32 Å². The van der Waals surface area contributed by atoms with Crippen LogP contribution < -0.4 is 14.8 Å². The predicted molar refractivity (Wildman–Crippen MR) is 103 cm³/mol. The molecule has 0 radical (unpaired) electrons. The van der Waals surface area contributed by atoms with Gasteiger partial charge in [0, 0.05) is 19.3 Å². The van der Waals surface area contributed by atoms with Crippen molar-refractivity contribution < 1.29 is 19.1 Å². The Kier molecular flexibility index (Phi) is 4.85. The first kappa shape index (κ1) is 17.9. The van der Waals surface area contributed by atoms with Gasteiger partial charge in [-0.15, -0.1) is 0 Å². The molecule has 4 rings (SSSR count). The van der Waals surface area contributed by atoms with E-state index in [-0.39, 0.29) is 13.3 Å². The topological polar surface area (TPSA) is 69.6 Å². The molecular weight excluding hydrogens is 356 g/mol. The van der Waals surface area contributed by atoms with Crippen molar-refractivity contribution in [2.45, 2.75) is 20.0 Å². The Morgan fingerprint density at radius 3 is 2.57 bits per heavy atom. The highest BCUT2D eigenvalue weighted by Gasteiger charge is 2.20. The first-order valence-electron chi connectivity index (χ1n) is 9.02. The summed E-state index contributed by atoms with van der Waals surface area (Å²) in [5.74, 6) is 0.129. The minimum Gasteiger partial charge on any atom is -0.454 e. The quantitative estimate of drug-likeness (QED) is 0.530. The molecule has 0 spiro atoms. The first-order valence-corrected chi connectivity index (χ1v) is 9.02. The number of rotatable bonds is 6. The highest BCUT2D eigenvalue weighted by molar-refractivity contribution is 6.42. The molecule has 0 unspecified atom stereocenters. The lowest BCUT2D eigenvalue weighted by Gasteiger charge is -2.10. The number of carbonyl (C=O) groups is 2. The van der Waals surface area contributed by atoms with Crippen molar-refractivity contribution in [3.8, 4) is 11.5 Å². The van der Waals surface area contributed by atoms with Crippen LogP contribution in [-0.4, -0.2) is 23.1 Å². The maximum absolute atomic E-state index is 12.6. The molecule has 28 heavy (non-hydrogen) atoms. The third kappa shape index (κ3) is 3.76. The molecule has 1 amide bonds. The second-order valence-electron chi connectivity index (χ2n) is 6.71. The zero-order valence-electron chi connectivity index (χ0n) is 15.5. The molecule has 6 nitrogen and oxygen atoms in total. The number of fused-ring (bicyclic) bond motifs is 1. The predicted octanol–water partition coefficient (Wildman–Crippen LogP) is 3.07. The van der Waals surface area contributed by atoms with Gasteiger partial charge in [0.25, 0.3) is 11.7 Å². The average Bonchev–Trinajstić information content (AvgIpc) is 3.36. The van der Waals surface area contributed by atoms with Crippen LogP contribution in [0, 0.1) is 6.92 Å². The van der Waals surface area contributed by atoms with Crippen LogP contribution in [0.3, 0.4) is 0 Å². The summed E-state index contributed by atoms with van der Waals surface area (Å²) in [6.07, 6.45) is 1.80. The Hall–Kier alpha value is -3.54. The van der Waals surface area contributed by atoms with Crippen LogP contribution in [0.5, 0.6) is 11.5 Å². The molecule has 1 N–H and O–H groups in total. The summed E-state index contributed by atoms with van der Waals surface area (Å²) in [4.78, 5) is 25.0. The average molecular weight is 376 g/mol. The lowest BCUT2D eigenvalue weighted by molar-refractivity contribution is -0.117. The first-order chi connectivity index (χ1) is 13.6. The molecule has 0 saturated heterocycles. The summed E-state index contributed by atoms with van der Waals surface area (Å²) in [6, 6.07) is 16.9. The highest BCUT2D eigenvalue weighted by atomic mass is 16.7. The highest BCUT2D eigenvalue weighted by Crippen LogP contribution is 2.32. The number of nitrogens with one attached hydrogen (secondary N) is 1. The van der Waals surface area contributed by atoms with Gasteiger partial charge in [-0.2, -0.15) is 0 Å². The second-order valence-corrected chi connectivity index (χ2v) is 6.71. The number of aromatic nitrogens is 1. The van der Waals surface area contributed by atoms with Crippen molar-refractivity contribution in [1.82, 2.24) is 9.88 Å². The number of benzene rings is 2. The monoisotopic (exact) mass is 376 g/mol. The molecule has 0 fully saturated rings. The van der Waals surface area contributed by atoms with E-state index in [9.17, 15) is 9.59 Å². The van der Waals surface area contributed by atoms with Gasteiger partial charge in [-0.1, -0.05) is 35.9 Å². The number of Topliss-reactive ketones (excluding diaryl/α,β-unsaturated/α-hetero) is 1. The number of carbonyl (C=O) groups excluding carboxylic acids is 2. The fraction of sp³-hybridized carbons (Fsp3) is 0.182. The number of ketones is 1. The molecule has 0 saturated carbocycles. The van der Waals surface area contributed by atoms with E-state index in [1.807, 2.05) is 37.3 Å². The largest absolute Gasteiger partial charge is 0.454 e. The molecule has 2 heterocycles. The van der Waals surface area contributed by atoms with E-state index >= 15 is 0 Å². The summed E-state index contributed by atoms with van der Waals surface area (Å²) < 4.78 is 12.4. The van der Waals surface area contributed by atoms with Crippen molar-refractivity contribution >= 4 is 11.7 Å². The van der Waals surface area contributed by atoms with Gasteiger partial charge >= 0.3 is 0 Å². The summed E-state index contributed by atoms with van der Waals surface area (Å²) in [5.41, 5.74) is 3.44. The van der Waals surface area contributed by atoms with E-state index in [1.165, 1.54) is 5.56 Å². The van der Waals surface area contributed by atoms with E-state index in [4.69, 9.17) is 9.47 Å². The van der Waals surface area contributed by atoms with Crippen LogP contribution in [-0.2, 0) is 17.9 Å². The fourth-order valence-corrected chi connectivity index (χ4v) is 3.08. The third-order valence-corrected chi connectivity index (χ3v) is 4.63. The summed E-state index contributed by atoms with van der Waals surface area (Å²) >= 11 is 0. The molecule has 2 aromatic carbocycles. The molecule has 1 aliphatic heterocycles. The zero-order valence-corrected chi connectivity index (χ0v) is 15.5. The maximum atomic E-state index is 12.6. The molecule has 0 aliphatic carbocycles. The molecule has 0 atom stereocenters. The second kappa shape index (κ2) is 7.60.